The van der Waals surface area contributed by atoms with Gasteiger partial charge in [-0.05, 0) is 111 Å². The Bertz CT molecular complexity index is 4770. The van der Waals surface area contributed by atoms with Crippen molar-refractivity contribution in [2.24, 2.45) is 0 Å². The molecule has 5 saturated heterocycles. The number of nitrogens with two attached hydrogens (primary N) is 4. The molecule has 6 atom stereocenters. The van der Waals surface area contributed by atoms with E-state index in [1.54, 1.807) is 84.9 Å². The number of benzene rings is 7. The van der Waals surface area contributed by atoms with E-state index in [2.05, 4.69) is 26.6 Å². The normalized spacial score (nSPS) is 20.1. The van der Waals surface area contributed by atoms with Crippen molar-refractivity contribution < 1.29 is 106 Å². The summed E-state index contributed by atoms with van der Waals surface area (Å²) < 4.78 is 16.6. The van der Waals surface area contributed by atoms with Crippen LogP contribution in [-0.2, 0) is 91.7 Å². The SMILES string of the molecule is CS(=O)O.Nc1cccc2c1CN(C1CCC(=O)NC1=O)C2=O.Nc1cccc2c1CN(C1CCC(=O)NC1=O)C2=O.Nc1cccc2c1CN(C1CCC(=O)NC1=O)C2=O.Nc1cccc2c1CN(C1CCC(=O)NC1=O)C2=O.O=C1CCC(N2Cc3c(cccc3[N+](=O)[O-])C2=O)C(=O)N1.Oc1cccc(O)c1.Oc1cccc(O)c1. The van der Waals surface area contributed by atoms with Crippen LogP contribution in [0.25, 0.3) is 0 Å². The molecule has 10 aliphatic rings. The van der Waals surface area contributed by atoms with E-state index in [1.165, 1.54) is 85.4 Å². The molecule has 610 valence electrons. The first-order valence-corrected chi connectivity index (χ1v) is 37.6. The highest BCUT2D eigenvalue weighted by Crippen LogP contribution is 2.37. The summed E-state index contributed by atoms with van der Waals surface area (Å²) in [4.78, 5) is 194. The summed E-state index contributed by atoms with van der Waals surface area (Å²) in [5.41, 5.74) is 31.3. The first-order valence-electron chi connectivity index (χ1n) is 36.1. The molecule has 10 heterocycles. The molecule has 5 fully saturated rings. The Labute approximate surface area is 666 Å². The standard InChI is InChI=1S/C13H11N3O5.4C13H13N3O3.2C6H6O2.CH4O2S/c17-11-5-4-10(12(18)14-11)15-6-8-7(13(15)19)2-1-3-9(8)16(20)21;4*14-9-3-1-2-7-8(9)6-16(13(7)19)10-4-5-11(17)15-12(10)18;2*7-5-2-1-3-6(8)4-5;1-4(2)3/h1-3,10H,4-6H2,(H,14,17,18);4*1-3,10H,4-6,14H2,(H,15,17,18);2*1-4,7-8H;1H3,(H,2,3). The summed E-state index contributed by atoms with van der Waals surface area (Å²) in [6, 6.07) is 33.6. The molecule has 0 saturated carbocycles. The maximum atomic E-state index is 12.3. The van der Waals surface area contributed by atoms with Gasteiger partial charge in [-0.25, -0.2) is 4.21 Å². The monoisotopic (exact) mass is 1630 g/mol. The number of nitro benzene ring substituents is 1. The van der Waals surface area contributed by atoms with Crippen LogP contribution in [0.4, 0.5) is 28.4 Å². The van der Waals surface area contributed by atoms with Gasteiger partial charge in [-0.1, -0.05) is 42.5 Å². The van der Waals surface area contributed by atoms with Crippen LogP contribution in [0.15, 0.2) is 140 Å². The summed E-state index contributed by atoms with van der Waals surface area (Å²) in [6.07, 6.45) is 4.07. The van der Waals surface area contributed by atoms with Gasteiger partial charge in [0.15, 0.2) is 0 Å². The van der Waals surface area contributed by atoms with E-state index in [9.17, 15) is 82.0 Å². The number of phenolic OH excluding ortho intramolecular Hbond substituents is 4. The number of amides is 15. The molecule has 7 aromatic carbocycles. The lowest BCUT2D eigenvalue weighted by atomic mass is 10.0. The van der Waals surface area contributed by atoms with Crippen LogP contribution in [0.3, 0.4) is 0 Å². The highest BCUT2D eigenvalue weighted by atomic mass is 32.2. The largest absolute Gasteiger partial charge is 0.508 e. The Kier molecular flexibility index (Phi) is 26.8. The number of nitro groups is 1. The zero-order valence-electron chi connectivity index (χ0n) is 62.3. The fraction of sp³-hybridized carbons (Fsp3) is 0.269. The number of fused-ring (bicyclic) bond motifs is 5. The van der Waals surface area contributed by atoms with Gasteiger partial charge in [0.25, 0.3) is 35.2 Å². The quantitative estimate of drug-likeness (QED) is 0.0374. The van der Waals surface area contributed by atoms with Crippen molar-refractivity contribution >= 4 is 128 Å². The third-order valence-corrected chi connectivity index (χ3v) is 19.9. The zero-order valence-corrected chi connectivity index (χ0v) is 63.1. The molecular weight excluding hydrogens is 1550 g/mol. The average molecular weight is 1630 g/mol. The number of phenols is 4. The van der Waals surface area contributed by atoms with E-state index in [1.807, 2.05) is 0 Å². The number of hydrogen-bond donors (Lipinski definition) is 14. The maximum absolute atomic E-state index is 12.3. The van der Waals surface area contributed by atoms with Gasteiger partial charge < -0.3 is 72.4 Å². The number of hydrogen-bond acceptors (Lipinski definition) is 26. The summed E-state index contributed by atoms with van der Waals surface area (Å²) in [6.45, 7) is 1.32. The number of nitrogen functional groups attached to an aromatic ring is 4. The Morgan fingerprint density at radius 1 is 0.342 bits per heavy atom. The molecule has 0 bridgehead atoms. The molecule has 0 aromatic heterocycles. The van der Waals surface area contributed by atoms with Crippen LogP contribution in [-0.4, -0.2) is 184 Å². The number of anilines is 4. The van der Waals surface area contributed by atoms with E-state index in [4.69, 9.17) is 52.1 Å². The van der Waals surface area contributed by atoms with Crippen molar-refractivity contribution in [1.82, 2.24) is 51.1 Å². The Morgan fingerprint density at radius 3 is 0.709 bits per heavy atom. The number of carbonyl (C=O) groups excluding carboxylic acids is 15. The van der Waals surface area contributed by atoms with Crippen LogP contribution >= 0.6 is 0 Å². The topological polar surface area (TPSA) is 598 Å². The molecule has 0 spiro atoms. The van der Waals surface area contributed by atoms with Crippen molar-refractivity contribution in [2.45, 2.75) is 127 Å². The highest BCUT2D eigenvalue weighted by Gasteiger charge is 2.46. The van der Waals surface area contributed by atoms with Crippen molar-refractivity contribution in [1.29, 1.82) is 0 Å². The summed E-state index contributed by atoms with van der Waals surface area (Å²) in [5.74, 6) is -4.53. The highest BCUT2D eigenvalue weighted by molar-refractivity contribution is 7.78. The van der Waals surface area contributed by atoms with Gasteiger partial charge in [-0.2, -0.15) is 0 Å². The number of imide groups is 5. The fourth-order valence-corrected chi connectivity index (χ4v) is 14.2. The van der Waals surface area contributed by atoms with Crippen molar-refractivity contribution in [3.05, 3.63) is 205 Å². The lowest BCUT2D eigenvalue weighted by Crippen LogP contribution is -2.52. The Hall–Kier alpha value is -14.5. The maximum Gasteiger partial charge on any atom is 0.275 e. The predicted molar refractivity (Wildman–Crippen MR) is 413 cm³/mol. The second kappa shape index (κ2) is 37.0. The second-order valence-electron chi connectivity index (χ2n) is 27.5. The van der Waals surface area contributed by atoms with Crippen LogP contribution in [0, 0.1) is 10.1 Å². The van der Waals surface area contributed by atoms with Gasteiger partial charge in [0.05, 0.1) is 22.6 Å². The summed E-state index contributed by atoms with van der Waals surface area (Å²) >= 11 is -1.61. The van der Waals surface area contributed by atoms with Crippen LogP contribution in [0.2, 0.25) is 0 Å². The van der Waals surface area contributed by atoms with Crippen LogP contribution in [0.1, 0.15) is 144 Å². The fourth-order valence-electron chi connectivity index (χ4n) is 14.2. The molecule has 39 heteroatoms. The number of carbonyl (C=O) groups is 15. The molecule has 17 rings (SSSR count). The third-order valence-electron chi connectivity index (χ3n) is 19.9. The van der Waals surface area contributed by atoms with Gasteiger partial charge in [-0.15, -0.1) is 0 Å². The third kappa shape index (κ3) is 19.9. The van der Waals surface area contributed by atoms with Crippen molar-refractivity contribution in [2.75, 3.05) is 29.2 Å². The number of rotatable bonds is 6. The lowest BCUT2D eigenvalue weighted by Gasteiger charge is -2.29. The van der Waals surface area contributed by atoms with Gasteiger partial charge in [0, 0.05) is 150 Å². The minimum Gasteiger partial charge on any atom is -0.508 e. The van der Waals surface area contributed by atoms with E-state index in [0.717, 1.165) is 22.3 Å². The number of aromatic hydroxyl groups is 4. The molecule has 117 heavy (non-hydrogen) atoms. The minimum absolute atomic E-state index is 0.0115. The first kappa shape index (κ1) is 84.9. The van der Waals surface area contributed by atoms with E-state index < -0.39 is 81.7 Å². The number of nitrogens with zero attached hydrogens (tertiary/aromatic N) is 6. The molecular formula is C78H79N15O23S. The minimum atomic E-state index is -1.61. The summed E-state index contributed by atoms with van der Waals surface area (Å²) in [5, 5.41) is 56.9. The molecule has 15 amide bonds. The van der Waals surface area contributed by atoms with E-state index in [0.29, 0.717) is 102 Å². The molecule has 0 radical (unpaired) electrons. The molecule has 7 aromatic rings. The van der Waals surface area contributed by atoms with E-state index in [-0.39, 0.29) is 132 Å². The summed E-state index contributed by atoms with van der Waals surface area (Å²) in [7, 11) is 0. The predicted octanol–water partition coefficient (Wildman–Crippen LogP) is 2.51. The molecule has 38 nitrogen and oxygen atoms in total. The van der Waals surface area contributed by atoms with Crippen LogP contribution < -0.4 is 49.5 Å². The van der Waals surface area contributed by atoms with Gasteiger partial charge in [0.2, 0.25) is 59.1 Å². The average Bonchev–Trinajstić information content (AvgIpc) is 1.62. The molecule has 10 aliphatic heterocycles. The zero-order chi connectivity index (χ0) is 85.0. The smallest absolute Gasteiger partial charge is 0.275 e. The van der Waals surface area contributed by atoms with Crippen molar-refractivity contribution in [3.8, 4) is 23.0 Å². The van der Waals surface area contributed by atoms with Crippen molar-refractivity contribution in [3.63, 3.8) is 0 Å². The number of piperidine rings is 5. The van der Waals surface area contributed by atoms with Gasteiger partial charge >= 0.3 is 0 Å². The van der Waals surface area contributed by atoms with Gasteiger partial charge in [-0.3, -0.25) is 109 Å². The Balaban J connectivity index is 0.000000145. The first-order chi connectivity index (χ1) is 55.6. The molecule has 0 aliphatic carbocycles. The second-order valence-corrected chi connectivity index (χ2v) is 28.4. The Morgan fingerprint density at radius 2 is 0.530 bits per heavy atom. The number of nitrogens with one attached hydrogen (secondary N) is 5. The molecule has 18 N–H and O–H groups in total. The van der Waals surface area contributed by atoms with Gasteiger partial charge in [0.1, 0.15) is 64.3 Å². The van der Waals surface area contributed by atoms with E-state index >= 15 is 0 Å². The lowest BCUT2D eigenvalue weighted by molar-refractivity contribution is -0.385. The molecule has 6 unspecified atom stereocenters. The van der Waals surface area contributed by atoms with Crippen LogP contribution in [0.5, 0.6) is 23.0 Å².